The zero-order valence-electron chi connectivity index (χ0n) is 19.5. The Morgan fingerprint density at radius 3 is 2.17 bits per heavy atom. The van der Waals surface area contributed by atoms with E-state index in [0.717, 1.165) is 51.3 Å². The van der Waals surface area contributed by atoms with Crippen molar-refractivity contribution in [2.24, 2.45) is 0 Å². The van der Waals surface area contributed by atoms with E-state index in [2.05, 4.69) is 30.7 Å². The molecule has 35 heavy (non-hydrogen) atoms. The number of aromatic nitrogens is 4. The second kappa shape index (κ2) is 11.1. The molecule has 2 aliphatic rings. The third-order valence-corrected chi connectivity index (χ3v) is 5.87. The first-order chi connectivity index (χ1) is 17.2. The Hall–Kier alpha value is -3.83. The number of rotatable bonds is 5. The summed E-state index contributed by atoms with van der Waals surface area (Å²) in [4.78, 5) is 35.1. The highest BCUT2D eigenvalue weighted by Gasteiger charge is 2.20. The van der Waals surface area contributed by atoms with Crippen LogP contribution >= 0.6 is 0 Å². The molecule has 2 aromatic heterocycles. The van der Waals surface area contributed by atoms with Gasteiger partial charge in [-0.05, 0) is 49.4 Å². The van der Waals surface area contributed by atoms with Crippen LogP contribution in [-0.2, 0) is 4.74 Å². The predicted octanol–water partition coefficient (Wildman–Crippen LogP) is 2.21. The molecule has 11 heteroatoms. The highest BCUT2D eigenvalue weighted by Crippen LogP contribution is 2.24. The Kier molecular flexibility index (Phi) is 7.25. The quantitative estimate of drug-likeness (QED) is 0.510. The molecule has 2 aliphatic heterocycles. The molecule has 3 N–H and O–H groups in total. The van der Waals surface area contributed by atoms with Crippen molar-refractivity contribution in [3.8, 4) is 11.4 Å². The molecule has 4 heterocycles. The minimum absolute atomic E-state index is 0.323. The molecule has 0 atom stereocenters. The van der Waals surface area contributed by atoms with Crippen LogP contribution in [0.25, 0.3) is 11.4 Å². The van der Waals surface area contributed by atoms with Crippen LogP contribution in [0.1, 0.15) is 6.42 Å². The number of urea groups is 1. The maximum absolute atomic E-state index is 12.3. The molecule has 2 saturated heterocycles. The lowest BCUT2D eigenvalue weighted by molar-refractivity contribution is 0.122. The number of anilines is 4. The van der Waals surface area contributed by atoms with E-state index in [1.807, 2.05) is 24.3 Å². The Bertz CT molecular complexity index is 1110. The van der Waals surface area contributed by atoms with Crippen LogP contribution in [-0.4, -0.2) is 78.4 Å². The van der Waals surface area contributed by atoms with Gasteiger partial charge in [0.05, 0.1) is 13.2 Å². The largest absolute Gasteiger partial charge is 0.378 e. The second-order valence-corrected chi connectivity index (χ2v) is 8.34. The molecular formula is C24H29N9O2. The van der Waals surface area contributed by atoms with E-state index in [1.165, 1.54) is 0 Å². The summed E-state index contributed by atoms with van der Waals surface area (Å²) in [6.45, 7) is 6.46. The maximum Gasteiger partial charge on any atom is 0.323 e. The lowest BCUT2D eigenvalue weighted by Crippen LogP contribution is -2.38. The van der Waals surface area contributed by atoms with E-state index in [-0.39, 0.29) is 6.03 Å². The van der Waals surface area contributed by atoms with Crippen molar-refractivity contribution in [1.82, 2.24) is 25.3 Å². The van der Waals surface area contributed by atoms with Crippen molar-refractivity contribution >= 4 is 29.3 Å². The van der Waals surface area contributed by atoms with Gasteiger partial charge in [0.2, 0.25) is 11.9 Å². The summed E-state index contributed by atoms with van der Waals surface area (Å²) in [6, 6.07) is 10.6. The number of carbonyl (C=O) groups is 1. The molecule has 0 bridgehead atoms. The molecule has 5 rings (SSSR count). The van der Waals surface area contributed by atoms with E-state index in [0.29, 0.717) is 42.3 Å². The van der Waals surface area contributed by atoms with Gasteiger partial charge in [0, 0.05) is 62.1 Å². The summed E-state index contributed by atoms with van der Waals surface area (Å²) in [7, 11) is 0. The molecule has 0 unspecified atom stereocenters. The fourth-order valence-electron chi connectivity index (χ4n) is 4.01. The average molecular weight is 476 g/mol. The van der Waals surface area contributed by atoms with E-state index in [4.69, 9.17) is 19.7 Å². The first kappa shape index (κ1) is 22.9. The van der Waals surface area contributed by atoms with E-state index < -0.39 is 0 Å². The van der Waals surface area contributed by atoms with E-state index in [9.17, 15) is 4.79 Å². The van der Waals surface area contributed by atoms with Crippen molar-refractivity contribution in [3.05, 3.63) is 48.8 Å². The number of pyridine rings is 1. The lowest BCUT2D eigenvalue weighted by atomic mass is 10.2. The highest BCUT2D eigenvalue weighted by atomic mass is 16.5. The fraction of sp³-hybridized carbons (Fsp3) is 0.375. The van der Waals surface area contributed by atoms with Crippen molar-refractivity contribution in [2.45, 2.75) is 6.42 Å². The van der Waals surface area contributed by atoms with Gasteiger partial charge in [0.15, 0.2) is 5.82 Å². The molecule has 11 nitrogen and oxygen atoms in total. The molecule has 0 radical (unpaired) electrons. The number of amides is 2. The Morgan fingerprint density at radius 2 is 1.46 bits per heavy atom. The average Bonchev–Trinajstić information content (AvgIpc) is 3.20. The molecule has 1 aromatic carbocycles. The first-order valence-electron chi connectivity index (χ1n) is 11.9. The van der Waals surface area contributed by atoms with Crippen molar-refractivity contribution < 1.29 is 9.53 Å². The van der Waals surface area contributed by atoms with Crippen molar-refractivity contribution in [3.63, 3.8) is 0 Å². The summed E-state index contributed by atoms with van der Waals surface area (Å²) >= 11 is 0. The summed E-state index contributed by atoms with van der Waals surface area (Å²) < 4.78 is 5.51. The van der Waals surface area contributed by atoms with Gasteiger partial charge >= 0.3 is 6.03 Å². The maximum atomic E-state index is 12.3. The number of nitrogens with zero attached hydrogens (tertiary/aromatic N) is 6. The highest BCUT2D eigenvalue weighted by molar-refractivity contribution is 5.99. The normalized spacial score (nSPS) is 16.5. The Labute approximate surface area is 204 Å². The van der Waals surface area contributed by atoms with Crippen molar-refractivity contribution in [1.29, 1.82) is 0 Å². The van der Waals surface area contributed by atoms with Crippen molar-refractivity contribution in [2.75, 3.05) is 72.9 Å². The summed E-state index contributed by atoms with van der Waals surface area (Å²) in [5.74, 6) is 1.98. The molecule has 0 spiro atoms. The zero-order valence-corrected chi connectivity index (χ0v) is 19.5. The van der Waals surface area contributed by atoms with Crippen LogP contribution in [0.5, 0.6) is 0 Å². The number of nitrogens with one attached hydrogen (secondary N) is 3. The summed E-state index contributed by atoms with van der Waals surface area (Å²) in [6.07, 6.45) is 4.29. The van der Waals surface area contributed by atoms with Crippen LogP contribution in [0.4, 0.5) is 28.1 Å². The van der Waals surface area contributed by atoms with E-state index in [1.54, 1.807) is 24.5 Å². The smallest absolute Gasteiger partial charge is 0.323 e. The lowest BCUT2D eigenvalue weighted by Gasteiger charge is -2.28. The summed E-state index contributed by atoms with van der Waals surface area (Å²) in [5.41, 5.74) is 2.20. The number of carbonyl (C=O) groups excluding carboxylic acids is 1. The second-order valence-electron chi connectivity index (χ2n) is 8.34. The van der Waals surface area contributed by atoms with Crippen LogP contribution in [0, 0.1) is 0 Å². The molecule has 2 amide bonds. The van der Waals surface area contributed by atoms with Gasteiger partial charge in [-0.3, -0.25) is 4.98 Å². The van der Waals surface area contributed by atoms with Crippen LogP contribution in [0.2, 0.25) is 0 Å². The molecule has 3 aromatic rings. The molecule has 2 fully saturated rings. The number of hydrogen-bond donors (Lipinski definition) is 3. The predicted molar refractivity (Wildman–Crippen MR) is 135 cm³/mol. The van der Waals surface area contributed by atoms with Gasteiger partial charge in [0.25, 0.3) is 0 Å². The van der Waals surface area contributed by atoms with Gasteiger partial charge in [-0.2, -0.15) is 15.0 Å². The van der Waals surface area contributed by atoms with Gasteiger partial charge in [-0.25, -0.2) is 4.79 Å². The third-order valence-electron chi connectivity index (χ3n) is 5.87. The molecule has 182 valence electrons. The number of ether oxygens (including phenoxy) is 1. The molecule has 0 aliphatic carbocycles. The standard InChI is InChI=1S/C24H29N9O2/c34-24(28-20-6-9-26-10-7-20)27-19-4-2-18(3-5-19)21-29-22(32-12-1-8-25-11-13-32)31-23(30-21)33-14-16-35-17-15-33/h2-7,9-10,25H,1,8,11-17H2,(H2,26,27,28,34). The monoisotopic (exact) mass is 475 g/mol. The third kappa shape index (κ3) is 6.00. The minimum atomic E-state index is -0.323. The minimum Gasteiger partial charge on any atom is -0.378 e. The van der Waals surface area contributed by atoms with Gasteiger partial charge < -0.3 is 30.5 Å². The van der Waals surface area contributed by atoms with Gasteiger partial charge in [0.1, 0.15) is 0 Å². The Morgan fingerprint density at radius 1 is 0.800 bits per heavy atom. The van der Waals surface area contributed by atoms with Gasteiger partial charge in [-0.1, -0.05) is 0 Å². The van der Waals surface area contributed by atoms with E-state index >= 15 is 0 Å². The SMILES string of the molecule is O=C(Nc1ccncc1)Nc1ccc(-c2nc(N3CCCNCC3)nc(N3CCOCC3)n2)cc1. The van der Waals surface area contributed by atoms with Crippen LogP contribution < -0.4 is 25.8 Å². The van der Waals surface area contributed by atoms with Gasteiger partial charge in [-0.15, -0.1) is 0 Å². The van der Waals surface area contributed by atoms with Crippen LogP contribution in [0.15, 0.2) is 48.8 Å². The number of hydrogen-bond acceptors (Lipinski definition) is 9. The fourth-order valence-corrected chi connectivity index (χ4v) is 4.01. The Balaban J connectivity index is 1.36. The van der Waals surface area contributed by atoms with Crippen LogP contribution in [0.3, 0.4) is 0 Å². The topological polar surface area (TPSA) is 120 Å². The number of benzene rings is 1. The summed E-state index contributed by atoms with van der Waals surface area (Å²) in [5, 5.41) is 9.05. The zero-order chi connectivity index (χ0) is 23.9. The first-order valence-corrected chi connectivity index (χ1v) is 11.9. The molecule has 0 saturated carbocycles. The number of morpholine rings is 1. The molecular weight excluding hydrogens is 446 g/mol.